The molecular formula is C34H47N3O3. The SMILES string of the molecule is CC1C(=O)C(C#N)=CC2(C)C3=CC(=O)C4C5CC(C)(C)CCC5(NC(=O)N5CCCCC5)CCC4C3(C)CCC12. The van der Waals surface area contributed by atoms with Crippen LogP contribution in [0.2, 0.25) is 0 Å². The first-order valence-corrected chi connectivity index (χ1v) is 15.9. The molecule has 1 N–H and O–H groups in total. The number of fused-ring (bicyclic) bond motifs is 7. The lowest BCUT2D eigenvalue weighted by atomic mass is 9.40. The molecule has 3 saturated carbocycles. The van der Waals surface area contributed by atoms with Gasteiger partial charge in [-0.1, -0.05) is 46.3 Å². The Balaban J connectivity index is 1.40. The largest absolute Gasteiger partial charge is 0.332 e. The van der Waals surface area contributed by atoms with E-state index in [0.29, 0.717) is 0 Å². The van der Waals surface area contributed by atoms with E-state index >= 15 is 0 Å². The van der Waals surface area contributed by atoms with Gasteiger partial charge in [0.1, 0.15) is 6.07 Å². The van der Waals surface area contributed by atoms with Crippen molar-refractivity contribution in [3.05, 3.63) is 23.3 Å². The number of likely N-dealkylation sites (tertiary alicyclic amines) is 1. The van der Waals surface area contributed by atoms with Crippen molar-refractivity contribution < 1.29 is 14.4 Å². The molecule has 40 heavy (non-hydrogen) atoms. The monoisotopic (exact) mass is 545 g/mol. The van der Waals surface area contributed by atoms with E-state index in [-0.39, 0.29) is 69.1 Å². The molecule has 8 unspecified atom stereocenters. The van der Waals surface area contributed by atoms with Crippen LogP contribution in [0.15, 0.2) is 23.3 Å². The number of nitrogens with zero attached hydrogens (tertiary/aromatic N) is 2. The summed E-state index contributed by atoms with van der Waals surface area (Å²) in [4.78, 5) is 42.9. The average Bonchev–Trinajstić information content (AvgIpc) is 2.92. The Kier molecular flexibility index (Phi) is 6.45. The van der Waals surface area contributed by atoms with Crippen LogP contribution >= 0.6 is 0 Å². The van der Waals surface area contributed by atoms with Gasteiger partial charge in [0.2, 0.25) is 0 Å². The van der Waals surface area contributed by atoms with Gasteiger partial charge in [0.25, 0.3) is 0 Å². The van der Waals surface area contributed by atoms with E-state index in [1.807, 2.05) is 24.0 Å². The predicted molar refractivity (Wildman–Crippen MR) is 154 cm³/mol. The minimum Gasteiger partial charge on any atom is -0.332 e. The van der Waals surface area contributed by atoms with Gasteiger partial charge in [-0.05, 0) is 98.9 Å². The minimum absolute atomic E-state index is 0.0504. The number of carbonyl (C=O) groups excluding carboxylic acids is 3. The Morgan fingerprint density at radius 2 is 1.68 bits per heavy atom. The highest BCUT2D eigenvalue weighted by Gasteiger charge is 2.64. The lowest BCUT2D eigenvalue weighted by Gasteiger charge is -2.64. The third kappa shape index (κ3) is 3.97. The molecule has 0 aromatic carbocycles. The zero-order valence-electron chi connectivity index (χ0n) is 25.1. The van der Waals surface area contributed by atoms with Crippen molar-refractivity contribution in [2.24, 2.45) is 45.8 Å². The maximum absolute atomic E-state index is 14.4. The topological polar surface area (TPSA) is 90.3 Å². The smallest absolute Gasteiger partial charge is 0.317 e. The number of nitrogens with one attached hydrogen (secondary N) is 1. The summed E-state index contributed by atoms with van der Waals surface area (Å²) in [6, 6.07) is 2.24. The minimum atomic E-state index is -0.463. The van der Waals surface area contributed by atoms with Gasteiger partial charge in [-0.25, -0.2) is 4.79 Å². The first-order valence-electron chi connectivity index (χ1n) is 15.9. The normalized spacial score (nSPS) is 44.1. The Labute approximate surface area is 240 Å². The number of piperidine rings is 1. The zero-order chi connectivity index (χ0) is 28.7. The number of hydrogen-bond donors (Lipinski definition) is 1. The Morgan fingerprint density at radius 3 is 2.38 bits per heavy atom. The molecule has 8 atom stereocenters. The molecule has 4 fully saturated rings. The molecule has 6 heteroatoms. The molecule has 6 nitrogen and oxygen atoms in total. The van der Waals surface area contributed by atoms with Gasteiger partial charge in [-0.2, -0.15) is 5.26 Å². The summed E-state index contributed by atoms with van der Waals surface area (Å²) in [7, 11) is 0. The van der Waals surface area contributed by atoms with Crippen LogP contribution in [0.25, 0.3) is 0 Å². The molecule has 5 aliphatic carbocycles. The predicted octanol–water partition coefficient (Wildman–Crippen LogP) is 6.37. The summed E-state index contributed by atoms with van der Waals surface area (Å²) in [6.07, 6.45) is 13.8. The van der Waals surface area contributed by atoms with Crippen LogP contribution in [0, 0.1) is 57.2 Å². The molecule has 0 spiro atoms. The second-order valence-electron chi connectivity index (χ2n) is 15.4. The fourth-order valence-electron chi connectivity index (χ4n) is 10.5. The molecule has 2 amide bonds. The molecule has 6 aliphatic rings. The molecule has 1 saturated heterocycles. The van der Waals surface area contributed by atoms with Crippen molar-refractivity contribution in [3.8, 4) is 6.07 Å². The van der Waals surface area contributed by atoms with E-state index in [0.717, 1.165) is 76.5 Å². The van der Waals surface area contributed by atoms with E-state index in [1.165, 1.54) is 6.42 Å². The van der Waals surface area contributed by atoms with Crippen molar-refractivity contribution in [2.75, 3.05) is 13.1 Å². The number of rotatable bonds is 1. The van der Waals surface area contributed by atoms with Crippen molar-refractivity contribution in [1.82, 2.24) is 10.2 Å². The fraction of sp³-hybridized carbons (Fsp3) is 0.765. The molecule has 216 valence electrons. The van der Waals surface area contributed by atoms with E-state index in [1.54, 1.807) is 0 Å². The van der Waals surface area contributed by atoms with Crippen LogP contribution in [0.5, 0.6) is 0 Å². The first kappa shape index (κ1) is 27.7. The molecule has 6 rings (SSSR count). The number of ketones is 2. The molecule has 0 aromatic rings. The highest BCUT2D eigenvalue weighted by Crippen LogP contribution is 2.68. The number of Topliss-reactive ketones (excluding diaryl/α,β-unsaturated/α-hetero) is 1. The zero-order valence-corrected chi connectivity index (χ0v) is 25.1. The molecule has 0 radical (unpaired) electrons. The second-order valence-corrected chi connectivity index (χ2v) is 15.4. The van der Waals surface area contributed by atoms with Gasteiger partial charge in [0.05, 0.1) is 5.57 Å². The van der Waals surface area contributed by atoms with Gasteiger partial charge in [-0.15, -0.1) is 0 Å². The summed E-state index contributed by atoms with van der Waals surface area (Å²) in [5.41, 5.74) is 0.575. The first-order chi connectivity index (χ1) is 18.9. The standard InChI is InChI=1S/C34H47N3O3/c1-21-23-9-11-32(4)24-10-12-34(36-30(40)37-15-7-6-8-16-37)14-13-31(2,3)19-25(34)28(24)26(38)17-27(32)33(23,5)18-22(20-35)29(21)39/h17-18,21,23-25,28H,6-16,19H2,1-5H3,(H,36,40). The third-order valence-electron chi connectivity index (χ3n) is 12.7. The van der Waals surface area contributed by atoms with Crippen molar-refractivity contribution in [1.29, 1.82) is 5.26 Å². The number of urea groups is 1. The van der Waals surface area contributed by atoms with E-state index in [2.05, 4.69) is 39.1 Å². The van der Waals surface area contributed by atoms with Crippen molar-refractivity contribution >= 4 is 17.6 Å². The van der Waals surface area contributed by atoms with Crippen LogP contribution in [0.4, 0.5) is 4.79 Å². The van der Waals surface area contributed by atoms with Crippen LogP contribution in [-0.2, 0) is 9.59 Å². The third-order valence-corrected chi connectivity index (χ3v) is 12.7. The summed E-state index contributed by atoms with van der Waals surface area (Å²) < 4.78 is 0. The number of hydrogen-bond acceptors (Lipinski definition) is 4. The molecule has 1 heterocycles. The highest BCUT2D eigenvalue weighted by atomic mass is 16.2. The van der Waals surface area contributed by atoms with Crippen molar-refractivity contribution in [2.45, 2.75) is 104 Å². The van der Waals surface area contributed by atoms with E-state index < -0.39 is 5.41 Å². The Bertz CT molecular complexity index is 1240. The van der Waals surface area contributed by atoms with Gasteiger partial charge < -0.3 is 10.2 Å². The summed E-state index contributed by atoms with van der Waals surface area (Å²) in [5, 5.41) is 13.4. The fourth-order valence-corrected chi connectivity index (χ4v) is 10.5. The lowest BCUT2D eigenvalue weighted by molar-refractivity contribution is -0.139. The van der Waals surface area contributed by atoms with Crippen molar-refractivity contribution in [3.63, 3.8) is 0 Å². The average molecular weight is 546 g/mol. The second kappa shape index (κ2) is 9.30. The van der Waals surface area contributed by atoms with Gasteiger partial charge in [0.15, 0.2) is 11.6 Å². The van der Waals surface area contributed by atoms with Crippen LogP contribution < -0.4 is 5.32 Å². The number of carbonyl (C=O) groups is 3. The molecular weight excluding hydrogens is 498 g/mol. The molecule has 0 bridgehead atoms. The maximum atomic E-state index is 14.4. The van der Waals surface area contributed by atoms with Gasteiger partial charge >= 0.3 is 6.03 Å². The number of amides is 2. The van der Waals surface area contributed by atoms with Crippen LogP contribution in [0.1, 0.15) is 98.8 Å². The lowest BCUT2D eigenvalue weighted by Crippen LogP contribution is -2.67. The Morgan fingerprint density at radius 1 is 0.975 bits per heavy atom. The van der Waals surface area contributed by atoms with Crippen LogP contribution in [-0.4, -0.2) is 41.1 Å². The summed E-state index contributed by atoms with van der Waals surface area (Å²) in [5.74, 6) is 0.273. The summed E-state index contributed by atoms with van der Waals surface area (Å²) in [6.45, 7) is 12.8. The highest BCUT2D eigenvalue weighted by molar-refractivity contribution is 6.02. The van der Waals surface area contributed by atoms with Crippen LogP contribution in [0.3, 0.4) is 0 Å². The quantitative estimate of drug-likeness (QED) is 0.414. The number of allylic oxidation sites excluding steroid dienone is 4. The van der Waals surface area contributed by atoms with E-state index in [4.69, 9.17) is 0 Å². The maximum Gasteiger partial charge on any atom is 0.317 e. The van der Waals surface area contributed by atoms with Gasteiger partial charge in [0, 0.05) is 35.9 Å². The summed E-state index contributed by atoms with van der Waals surface area (Å²) >= 11 is 0. The van der Waals surface area contributed by atoms with E-state index in [9.17, 15) is 19.6 Å². The number of nitriles is 1. The van der Waals surface area contributed by atoms with Gasteiger partial charge in [-0.3, -0.25) is 9.59 Å². The molecule has 1 aliphatic heterocycles. The molecule has 0 aromatic heterocycles. The Hall–Kier alpha value is -2.42.